The largest absolute Gasteiger partial charge is 0.489 e. The second-order valence-corrected chi connectivity index (χ2v) is 7.87. The van der Waals surface area contributed by atoms with E-state index in [1.165, 1.54) is 12.1 Å². The first-order chi connectivity index (χ1) is 16.5. The van der Waals surface area contributed by atoms with E-state index < -0.39 is 23.9 Å². The van der Waals surface area contributed by atoms with Crippen molar-refractivity contribution in [3.63, 3.8) is 0 Å². The summed E-state index contributed by atoms with van der Waals surface area (Å²) in [5.74, 6) is -0.499. The van der Waals surface area contributed by atoms with Crippen LogP contribution in [0.25, 0.3) is 5.70 Å². The van der Waals surface area contributed by atoms with Gasteiger partial charge in [0.1, 0.15) is 18.2 Å². The molecule has 0 saturated carbocycles. The molecule has 1 atom stereocenters. The summed E-state index contributed by atoms with van der Waals surface area (Å²) in [5.41, 5.74) is 2.29. The van der Waals surface area contributed by atoms with Gasteiger partial charge in [0.2, 0.25) is 0 Å². The lowest BCUT2D eigenvalue weighted by Crippen LogP contribution is -2.45. The minimum absolute atomic E-state index is 0.0406. The topological polar surface area (TPSA) is 76.7 Å². The maximum Gasteiger partial charge on any atom is 0.338 e. The van der Waals surface area contributed by atoms with Crippen LogP contribution in [0.15, 0.2) is 78.4 Å². The Hall–Kier alpha value is -3.84. The molecular weight excluding hydrogens is 459 g/mol. The Balaban J connectivity index is 1.63. The summed E-state index contributed by atoms with van der Waals surface area (Å²) >= 11 is 6.06. The fourth-order valence-corrected chi connectivity index (χ4v) is 3.88. The van der Waals surface area contributed by atoms with Crippen molar-refractivity contribution in [3.05, 3.63) is 106 Å². The third-order valence-corrected chi connectivity index (χ3v) is 5.64. The van der Waals surface area contributed by atoms with Gasteiger partial charge in [-0.2, -0.15) is 0 Å². The van der Waals surface area contributed by atoms with Crippen LogP contribution in [0.3, 0.4) is 0 Å². The van der Waals surface area contributed by atoms with Crippen LogP contribution < -0.4 is 15.4 Å². The summed E-state index contributed by atoms with van der Waals surface area (Å²) < 4.78 is 25.0. The molecule has 1 unspecified atom stereocenters. The van der Waals surface area contributed by atoms with Crippen LogP contribution in [0.1, 0.15) is 29.7 Å². The summed E-state index contributed by atoms with van der Waals surface area (Å²) in [6, 6.07) is 19.2. The van der Waals surface area contributed by atoms with Crippen molar-refractivity contribution >= 4 is 29.3 Å². The zero-order valence-corrected chi connectivity index (χ0v) is 19.1. The lowest BCUT2D eigenvalue weighted by molar-refractivity contribution is -0.138. The molecule has 0 fully saturated rings. The highest BCUT2D eigenvalue weighted by Crippen LogP contribution is 2.33. The molecule has 6 nitrogen and oxygen atoms in total. The molecule has 0 spiro atoms. The number of carbonyl (C=O) groups is 2. The molecule has 3 aromatic carbocycles. The maximum absolute atomic E-state index is 14.0. The zero-order valence-electron chi connectivity index (χ0n) is 18.3. The Kier molecular flexibility index (Phi) is 7.13. The molecule has 3 aromatic rings. The lowest BCUT2D eigenvalue weighted by atomic mass is 9.92. The van der Waals surface area contributed by atoms with E-state index in [0.29, 0.717) is 28.1 Å². The molecule has 0 aliphatic carbocycles. The summed E-state index contributed by atoms with van der Waals surface area (Å²) in [5, 5.41) is 5.82. The lowest BCUT2D eigenvalue weighted by Gasteiger charge is -2.29. The van der Waals surface area contributed by atoms with E-state index in [0.717, 1.165) is 0 Å². The Bertz CT molecular complexity index is 1210. The van der Waals surface area contributed by atoms with Gasteiger partial charge in [0.25, 0.3) is 0 Å². The molecule has 0 bridgehead atoms. The normalized spacial score (nSPS) is 15.4. The van der Waals surface area contributed by atoms with Crippen molar-refractivity contribution in [3.8, 4) is 5.75 Å². The Morgan fingerprint density at radius 3 is 2.44 bits per heavy atom. The monoisotopic (exact) mass is 480 g/mol. The Morgan fingerprint density at radius 2 is 1.76 bits per heavy atom. The SMILES string of the molecule is CCOC(=O)C1=C(c2ccccc2)NC(=O)NC1c1ccc(OCc2c(F)cccc2Cl)cc1. The first kappa shape index (κ1) is 23.3. The minimum Gasteiger partial charge on any atom is -0.489 e. The van der Waals surface area contributed by atoms with Crippen molar-refractivity contribution in [2.45, 2.75) is 19.6 Å². The molecule has 1 aliphatic rings. The first-order valence-electron chi connectivity index (χ1n) is 10.7. The van der Waals surface area contributed by atoms with Gasteiger partial charge in [-0.15, -0.1) is 0 Å². The van der Waals surface area contributed by atoms with Crippen LogP contribution in [-0.4, -0.2) is 18.6 Å². The predicted octanol–water partition coefficient (Wildman–Crippen LogP) is 5.39. The van der Waals surface area contributed by atoms with Crippen molar-refractivity contribution in [2.24, 2.45) is 0 Å². The molecule has 1 aliphatic heterocycles. The molecular formula is C26H22ClFN2O4. The summed E-state index contributed by atoms with van der Waals surface area (Å²) in [6.07, 6.45) is 0. The number of ether oxygens (including phenoxy) is 2. The predicted molar refractivity (Wildman–Crippen MR) is 127 cm³/mol. The number of urea groups is 1. The van der Waals surface area contributed by atoms with Gasteiger partial charge in [-0.05, 0) is 42.3 Å². The van der Waals surface area contributed by atoms with Crippen LogP contribution >= 0.6 is 11.6 Å². The van der Waals surface area contributed by atoms with E-state index >= 15 is 0 Å². The Morgan fingerprint density at radius 1 is 1.03 bits per heavy atom. The number of halogens is 2. The van der Waals surface area contributed by atoms with E-state index in [4.69, 9.17) is 21.1 Å². The van der Waals surface area contributed by atoms with Crippen LogP contribution in [-0.2, 0) is 16.1 Å². The van der Waals surface area contributed by atoms with Gasteiger partial charge < -0.3 is 20.1 Å². The van der Waals surface area contributed by atoms with E-state index in [9.17, 15) is 14.0 Å². The molecule has 0 saturated heterocycles. The van der Waals surface area contributed by atoms with E-state index in [1.54, 1.807) is 37.3 Å². The standard InChI is InChI=1S/C26H22ClFN2O4/c1-2-33-25(31)22-23(16-7-4-3-5-8-16)29-26(32)30-24(22)17-11-13-18(14-12-17)34-15-19-20(27)9-6-10-21(19)28/h3-14,24H,2,15H2,1H3,(H2,29,30,32). The smallest absolute Gasteiger partial charge is 0.338 e. The third kappa shape index (κ3) is 5.05. The fourth-order valence-electron chi connectivity index (χ4n) is 3.66. The Labute approximate surface area is 201 Å². The molecule has 0 aromatic heterocycles. The van der Waals surface area contributed by atoms with Gasteiger partial charge >= 0.3 is 12.0 Å². The molecule has 34 heavy (non-hydrogen) atoms. The molecule has 2 N–H and O–H groups in total. The molecule has 0 radical (unpaired) electrons. The fraction of sp³-hybridized carbons (Fsp3) is 0.154. The van der Waals surface area contributed by atoms with Gasteiger partial charge in [0.05, 0.1) is 28.9 Å². The number of hydrogen-bond acceptors (Lipinski definition) is 4. The number of benzene rings is 3. The summed E-state index contributed by atoms with van der Waals surface area (Å²) in [4.78, 5) is 25.4. The van der Waals surface area contributed by atoms with Gasteiger partial charge in [-0.3, -0.25) is 0 Å². The number of hydrogen-bond donors (Lipinski definition) is 2. The van der Waals surface area contributed by atoms with Crippen LogP contribution in [0.5, 0.6) is 5.75 Å². The molecule has 1 heterocycles. The summed E-state index contributed by atoms with van der Waals surface area (Å²) in [7, 11) is 0. The highest BCUT2D eigenvalue weighted by molar-refractivity contribution is 6.31. The highest BCUT2D eigenvalue weighted by atomic mass is 35.5. The minimum atomic E-state index is -0.738. The number of esters is 1. The average molecular weight is 481 g/mol. The van der Waals surface area contributed by atoms with Crippen molar-refractivity contribution < 1.29 is 23.5 Å². The van der Waals surface area contributed by atoms with Gasteiger partial charge in [0, 0.05) is 5.56 Å². The number of rotatable bonds is 7. The number of amides is 2. The van der Waals surface area contributed by atoms with Crippen LogP contribution in [0, 0.1) is 5.82 Å². The first-order valence-corrected chi connectivity index (χ1v) is 11.1. The van der Waals surface area contributed by atoms with Crippen LogP contribution in [0.4, 0.5) is 9.18 Å². The molecule has 2 amide bonds. The van der Waals surface area contributed by atoms with E-state index in [1.807, 2.05) is 30.3 Å². The van der Waals surface area contributed by atoms with E-state index in [-0.39, 0.29) is 23.8 Å². The third-order valence-electron chi connectivity index (χ3n) is 5.29. The van der Waals surface area contributed by atoms with E-state index in [2.05, 4.69) is 10.6 Å². The molecule has 174 valence electrons. The number of nitrogens with one attached hydrogen (secondary N) is 2. The van der Waals surface area contributed by atoms with Gasteiger partial charge in [0.15, 0.2) is 0 Å². The highest BCUT2D eigenvalue weighted by Gasteiger charge is 2.34. The molecule has 4 rings (SSSR count). The second kappa shape index (κ2) is 10.4. The average Bonchev–Trinajstić information content (AvgIpc) is 2.84. The quantitative estimate of drug-likeness (QED) is 0.445. The van der Waals surface area contributed by atoms with Crippen molar-refractivity contribution in [1.82, 2.24) is 10.6 Å². The maximum atomic E-state index is 14.0. The number of carbonyl (C=O) groups excluding carboxylic acids is 2. The van der Waals surface area contributed by atoms with Crippen molar-refractivity contribution in [2.75, 3.05) is 6.61 Å². The molecule has 8 heteroatoms. The van der Waals surface area contributed by atoms with Crippen LogP contribution in [0.2, 0.25) is 5.02 Å². The van der Waals surface area contributed by atoms with Gasteiger partial charge in [-0.1, -0.05) is 60.1 Å². The zero-order chi connectivity index (χ0) is 24.1. The van der Waals surface area contributed by atoms with Gasteiger partial charge in [-0.25, -0.2) is 14.0 Å². The van der Waals surface area contributed by atoms with Crippen molar-refractivity contribution in [1.29, 1.82) is 0 Å². The second-order valence-electron chi connectivity index (χ2n) is 7.46. The summed E-state index contributed by atoms with van der Waals surface area (Å²) in [6.45, 7) is 1.87.